The van der Waals surface area contributed by atoms with Crippen LogP contribution < -0.4 is 4.90 Å². The Kier molecular flexibility index (Phi) is 7.27. The molecule has 2 bridgehead atoms. The minimum atomic E-state index is -1.20. The van der Waals surface area contributed by atoms with Crippen molar-refractivity contribution in [3.63, 3.8) is 0 Å². The van der Waals surface area contributed by atoms with Gasteiger partial charge in [0.25, 0.3) is 5.91 Å². The summed E-state index contributed by atoms with van der Waals surface area (Å²) in [6.45, 7) is 6.17. The van der Waals surface area contributed by atoms with E-state index in [0.717, 1.165) is 0 Å². The lowest BCUT2D eigenvalue weighted by molar-refractivity contribution is -0.155. The molecule has 0 aromatic heterocycles. The Balaban J connectivity index is 1.79. The van der Waals surface area contributed by atoms with Crippen LogP contribution >= 0.6 is 11.6 Å². The molecule has 4 rings (SSSR count). The number of amides is 2. The van der Waals surface area contributed by atoms with Crippen LogP contribution in [0.5, 0.6) is 0 Å². The number of hydrogen-bond acceptors (Lipinski definition) is 5. The van der Waals surface area contributed by atoms with Gasteiger partial charge in [-0.2, -0.15) is 0 Å². The van der Waals surface area contributed by atoms with E-state index in [-0.39, 0.29) is 31.5 Å². The first kappa shape index (κ1) is 25.7. The Bertz CT molecular complexity index is 1020. The SMILES string of the molecule is C=CCN(C(=O)C1N(CCCCCO)C(=O)[C@@H]2[C@@H](C(=O)O)[C@@]3(CC)CCC12O3)c1ccccc1Cl. The fourth-order valence-electron chi connectivity index (χ4n) is 6.44. The number of para-hydroxylation sites is 1. The Morgan fingerprint density at radius 3 is 2.66 bits per heavy atom. The molecule has 190 valence electrons. The van der Waals surface area contributed by atoms with Crippen molar-refractivity contribution in [3.05, 3.63) is 41.9 Å². The Morgan fingerprint density at radius 1 is 1.29 bits per heavy atom. The van der Waals surface area contributed by atoms with Gasteiger partial charge in [-0.3, -0.25) is 14.4 Å². The lowest BCUT2D eigenvalue weighted by atomic mass is 9.65. The number of aliphatic carboxylic acids is 1. The summed E-state index contributed by atoms with van der Waals surface area (Å²) in [4.78, 5) is 43.6. The molecule has 9 heteroatoms. The lowest BCUT2D eigenvalue weighted by Crippen LogP contribution is -2.56. The second-order valence-electron chi connectivity index (χ2n) is 9.68. The highest BCUT2D eigenvalue weighted by atomic mass is 35.5. The summed E-state index contributed by atoms with van der Waals surface area (Å²) in [6, 6.07) is 6.01. The number of ether oxygens (including phenoxy) is 1. The minimum absolute atomic E-state index is 0.0473. The number of aliphatic hydroxyl groups is 1. The Labute approximate surface area is 210 Å². The Hall–Kier alpha value is -2.42. The maximum absolute atomic E-state index is 14.3. The summed E-state index contributed by atoms with van der Waals surface area (Å²) < 4.78 is 6.56. The first-order valence-corrected chi connectivity index (χ1v) is 12.7. The molecule has 1 aromatic rings. The molecule has 0 saturated carbocycles. The van der Waals surface area contributed by atoms with Gasteiger partial charge in [-0.15, -0.1) is 6.58 Å². The van der Waals surface area contributed by atoms with Gasteiger partial charge in [-0.25, -0.2) is 0 Å². The smallest absolute Gasteiger partial charge is 0.310 e. The number of likely N-dealkylation sites (tertiary alicyclic amines) is 1. The van der Waals surface area contributed by atoms with Gasteiger partial charge in [-0.1, -0.05) is 36.7 Å². The highest BCUT2D eigenvalue weighted by molar-refractivity contribution is 6.34. The standard InChI is InChI=1S/C26H33ClN2O6/c1-3-14-28(18-11-7-6-10-17(18)27)23(32)21-26-13-12-25(4-2,35-26)20(24(33)34)19(26)22(31)29(21)15-8-5-9-16-30/h3,6-7,10-11,19-21,30H,1,4-5,8-9,12-16H2,2H3,(H,33,34)/t19-,20-,21?,25+,26?/m0/s1. The summed E-state index contributed by atoms with van der Waals surface area (Å²) in [5.74, 6) is -3.67. The molecule has 3 fully saturated rings. The number of carboxylic acids is 1. The van der Waals surface area contributed by atoms with Crippen molar-refractivity contribution < 1.29 is 29.3 Å². The van der Waals surface area contributed by atoms with Crippen LogP contribution in [0.25, 0.3) is 0 Å². The van der Waals surface area contributed by atoms with Crippen LogP contribution in [0.2, 0.25) is 5.02 Å². The first-order chi connectivity index (χ1) is 16.8. The van der Waals surface area contributed by atoms with E-state index in [4.69, 9.17) is 21.4 Å². The number of rotatable bonds is 11. The number of carbonyl (C=O) groups excluding carboxylic acids is 2. The summed E-state index contributed by atoms with van der Waals surface area (Å²) in [5, 5.41) is 19.7. The molecule has 1 spiro atoms. The van der Waals surface area contributed by atoms with Crippen LogP contribution in [0.1, 0.15) is 45.4 Å². The molecular weight excluding hydrogens is 472 g/mol. The molecule has 2 amide bonds. The third-order valence-electron chi connectivity index (χ3n) is 7.96. The van der Waals surface area contributed by atoms with Crippen LogP contribution in [-0.4, -0.2) is 69.8 Å². The van der Waals surface area contributed by atoms with E-state index >= 15 is 0 Å². The number of aliphatic hydroxyl groups excluding tert-OH is 1. The second-order valence-corrected chi connectivity index (χ2v) is 10.1. The van der Waals surface area contributed by atoms with Crippen LogP contribution in [0, 0.1) is 11.8 Å². The van der Waals surface area contributed by atoms with Crippen LogP contribution in [0.3, 0.4) is 0 Å². The number of anilines is 1. The third kappa shape index (κ3) is 3.96. The van der Waals surface area contributed by atoms with Crippen LogP contribution in [-0.2, 0) is 19.1 Å². The van der Waals surface area contributed by atoms with Crippen molar-refractivity contribution in [2.24, 2.45) is 11.8 Å². The predicted molar refractivity (Wildman–Crippen MR) is 131 cm³/mol. The lowest BCUT2D eigenvalue weighted by Gasteiger charge is -2.37. The fraction of sp³-hybridized carbons (Fsp3) is 0.577. The van der Waals surface area contributed by atoms with E-state index in [1.807, 2.05) is 6.92 Å². The number of halogens is 1. The molecule has 0 aliphatic carbocycles. The van der Waals surface area contributed by atoms with Crippen molar-refractivity contribution in [2.75, 3.05) is 24.6 Å². The zero-order chi connectivity index (χ0) is 25.4. The number of benzene rings is 1. The topological polar surface area (TPSA) is 107 Å². The molecule has 35 heavy (non-hydrogen) atoms. The largest absolute Gasteiger partial charge is 0.481 e. The number of carbonyl (C=O) groups is 3. The van der Waals surface area contributed by atoms with E-state index in [0.29, 0.717) is 49.2 Å². The molecule has 3 saturated heterocycles. The van der Waals surface area contributed by atoms with Gasteiger partial charge >= 0.3 is 5.97 Å². The molecule has 1 aromatic carbocycles. The summed E-state index contributed by atoms with van der Waals surface area (Å²) in [5.41, 5.74) is -1.66. The van der Waals surface area contributed by atoms with Crippen molar-refractivity contribution in [3.8, 4) is 0 Å². The highest BCUT2D eigenvalue weighted by Gasteiger charge is 2.79. The summed E-state index contributed by atoms with van der Waals surface area (Å²) in [6.07, 6.45) is 4.83. The molecule has 3 aliphatic rings. The van der Waals surface area contributed by atoms with Gasteiger partial charge in [0.15, 0.2) is 0 Å². The summed E-state index contributed by atoms with van der Waals surface area (Å²) >= 11 is 6.44. The average molecular weight is 505 g/mol. The average Bonchev–Trinajstić information content (AvgIpc) is 3.44. The van der Waals surface area contributed by atoms with Gasteiger partial charge in [0, 0.05) is 19.7 Å². The van der Waals surface area contributed by atoms with Crippen molar-refractivity contribution in [1.29, 1.82) is 0 Å². The van der Waals surface area contributed by atoms with Gasteiger partial charge in [0.2, 0.25) is 5.91 Å². The number of fused-ring (bicyclic) bond motifs is 1. The summed E-state index contributed by atoms with van der Waals surface area (Å²) in [7, 11) is 0. The van der Waals surface area contributed by atoms with Crippen LogP contribution in [0.4, 0.5) is 5.69 Å². The quantitative estimate of drug-likeness (QED) is 0.354. The molecule has 0 radical (unpaired) electrons. The molecule has 2 N–H and O–H groups in total. The zero-order valence-electron chi connectivity index (χ0n) is 20.0. The van der Waals surface area contributed by atoms with Crippen molar-refractivity contribution in [1.82, 2.24) is 4.90 Å². The molecule has 5 atom stereocenters. The normalized spacial score (nSPS) is 31.0. The fourth-order valence-corrected chi connectivity index (χ4v) is 6.68. The molecule has 2 unspecified atom stereocenters. The minimum Gasteiger partial charge on any atom is -0.481 e. The number of carboxylic acid groups (broad SMARTS) is 1. The van der Waals surface area contributed by atoms with E-state index in [1.54, 1.807) is 30.3 Å². The number of hydrogen-bond donors (Lipinski definition) is 2. The first-order valence-electron chi connectivity index (χ1n) is 12.3. The second kappa shape index (κ2) is 9.91. The zero-order valence-corrected chi connectivity index (χ0v) is 20.7. The maximum atomic E-state index is 14.3. The van der Waals surface area contributed by atoms with E-state index in [9.17, 15) is 19.5 Å². The number of nitrogens with zero attached hydrogens (tertiary/aromatic N) is 2. The Morgan fingerprint density at radius 2 is 2.03 bits per heavy atom. The molecule has 3 heterocycles. The van der Waals surface area contributed by atoms with Crippen molar-refractivity contribution >= 4 is 35.1 Å². The monoisotopic (exact) mass is 504 g/mol. The van der Waals surface area contributed by atoms with E-state index in [1.165, 1.54) is 9.80 Å². The van der Waals surface area contributed by atoms with Gasteiger partial charge in [-0.05, 0) is 50.7 Å². The van der Waals surface area contributed by atoms with Gasteiger partial charge in [0.05, 0.1) is 22.2 Å². The molecule has 8 nitrogen and oxygen atoms in total. The van der Waals surface area contributed by atoms with E-state index in [2.05, 4.69) is 6.58 Å². The van der Waals surface area contributed by atoms with Gasteiger partial charge < -0.3 is 24.7 Å². The third-order valence-corrected chi connectivity index (χ3v) is 8.28. The maximum Gasteiger partial charge on any atom is 0.310 e. The van der Waals surface area contributed by atoms with E-state index < -0.39 is 35.0 Å². The number of unbranched alkanes of at least 4 members (excludes halogenated alkanes) is 2. The van der Waals surface area contributed by atoms with Gasteiger partial charge in [0.1, 0.15) is 17.6 Å². The van der Waals surface area contributed by atoms with Crippen LogP contribution in [0.15, 0.2) is 36.9 Å². The molecule has 3 aliphatic heterocycles. The highest BCUT2D eigenvalue weighted by Crippen LogP contribution is 2.64. The predicted octanol–water partition coefficient (Wildman–Crippen LogP) is 3.26. The van der Waals surface area contributed by atoms with Crippen molar-refractivity contribution in [2.45, 2.75) is 62.7 Å². The molecular formula is C26H33ClN2O6.